The third kappa shape index (κ3) is 1.80. The van der Waals surface area contributed by atoms with E-state index in [1.54, 1.807) is 0 Å². The lowest BCUT2D eigenvalue weighted by Crippen LogP contribution is -2.42. The van der Waals surface area contributed by atoms with Gasteiger partial charge in [-0.15, -0.1) is 0 Å². The predicted molar refractivity (Wildman–Crippen MR) is 75.7 cm³/mol. The molecular weight excluding hydrogens is 268 g/mol. The highest BCUT2D eigenvalue weighted by molar-refractivity contribution is 6.08. The summed E-state index contributed by atoms with van der Waals surface area (Å²) in [6, 6.07) is 7.60. The summed E-state index contributed by atoms with van der Waals surface area (Å²) >= 11 is 0. The van der Waals surface area contributed by atoms with Crippen LogP contribution >= 0.6 is 0 Å². The van der Waals surface area contributed by atoms with Crippen LogP contribution in [0.5, 0.6) is 0 Å². The summed E-state index contributed by atoms with van der Waals surface area (Å²) in [6.45, 7) is 1.09. The number of imide groups is 1. The number of amides is 3. The van der Waals surface area contributed by atoms with Crippen LogP contribution in [0.4, 0.5) is 4.79 Å². The average molecular weight is 286 g/mol. The Morgan fingerprint density at radius 3 is 3.00 bits per heavy atom. The van der Waals surface area contributed by atoms with Crippen molar-refractivity contribution >= 4 is 11.9 Å². The molecule has 1 aliphatic carbocycles. The van der Waals surface area contributed by atoms with E-state index in [0.29, 0.717) is 13.0 Å². The number of nitrogens with one attached hydrogen (secondary N) is 1. The quantitative estimate of drug-likeness (QED) is 0.839. The lowest BCUT2D eigenvalue weighted by molar-refractivity contribution is -0.132. The third-order valence-corrected chi connectivity index (χ3v) is 4.83. The van der Waals surface area contributed by atoms with Gasteiger partial charge in [-0.2, -0.15) is 0 Å². The van der Waals surface area contributed by atoms with Crippen molar-refractivity contribution in [3.63, 3.8) is 0 Å². The molecule has 3 amide bonds. The van der Waals surface area contributed by atoms with E-state index in [-0.39, 0.29) is 18.0 Å². The Bertz CT molecular complexity index is 609. The van der Waals surface area contributed by atoms with E-state index in [1.807, 2.05) is 24.3 Å². The molecule has 0 unspecified atom stereocenters. The van der Waals surface area contributed by atoms with Crippen LogP contribution in [0, 0.1) is 0 Å². The van der Waals surface area contributed by atoms with Gasteiger partial charge in [0.1, 0.15) is 5.54 Å². The highest BCUT2D eigenvalue weighted by Crippen LogP contribution is 2.41. The second-order valence-corrected chi connectivity index (χ2v) is 6.04. The Morgan fingerprint density at radius 1 is 1.33 bits per heavy atom. The van der Waals surface area contributed by atoms with Gasteiger partial charge in [-0.05, 0) is 36.8 Å². The first-order valence-corrected chi connectivity index (χ1v) is 7.55. The first kappa shape index (κ1) is 12.8. The summed E-state index contributed by atoms with van der Waals surface area (Å²) < 4.78 is 5.56. The van der Waals surface area contributed by atoms with Crippen LogP contribution in [0.1, 0.15) is 30.4 Å². The van der Waals surface area contributed by atoms with Gasteiger partial charge in [0.05, 0.1) is 12.6 Å². The summed E-state index contributed by atoms with van der Waals surface area (Å²) in [4.78, 5) is 26.5. The molecule has 110 valence electrons. The Balaban J connectivity index is 1.64. The molecular formula is C16H18N2O3. The van der Waals surface area contributed by atoms with Crippen LogP contribution in [-0.2, 0) is 21.5 Å². The number of ether oxygens (including phenoxy) is 1. The van der Waals surface area contributed by atoms with Gasteiger partial charge < -0.3 is 10.1 Å². The molecule has 21 heavy (non-hydrogen) atoms. The molecule has 1 aromatic carbocycles. The van der Waals surface area contributed by atoms with E-state index < -0.39 is 5.54 Å². The molecule has 5 heteroatoms. The Labute approximate surface area is 123 Å². The molecule has 2 fully saturated rings. The zero-order chi connectivity index (χ0) is 14.4. The van der Waals surface area contributed by atoms with Crippen molar-refractivity contribution in [3.8, 4) is 0 Å². The standard InChI is InChI=1S/C16H18N2O3/c19-14-16(8-7-11-4-1-2-6-13(11)16)17-15(20)18(14)10-12-5-3-9-21-12/h1-2,4,6,12H,3,5,7-10H2,(H,17,20)/t12-,16-/m0/s1. The van der Waals surface area contributed by atoms with Gasteiger partial charge in [-0.1, -0.05) is 24.3 Å². The maximum atomic E-state index is 12.9. The molecule has 3 aliphatic rings. The largest absolute Gasteiger partial charge is 0.376 e. The third-order valence-electron chi connectivity index (χ3n) is 4.83. The number of carbonyl (C=O) groups excluding carboxylic acids is 2. The molecule has 0 bridgehead atoms. The van der Waals surface area contributed by atoms with E-state index >= 15 is 0 Å². The fourth-order valence-corrected chi connectivity index (χ4v) is 3.75. The zero-order valence-corrected chi connectivity index (χ0v) is 11.8. The molecule has 2 atom stereocenters. The molecule has 0 saturated carbocycles. The van der Waals surface area contributed by atoms with E-state index in [1.165, 1.54) is 4.90 Å². The van der Waals surface area contributed by atoms with Gasteiger partial charge in [-0.3, -0.25) is 9.69 Å². The van der Waals surface area contributed by atoms with Crippen molar-refractivity contribution in [3.05, 3.63) is 35.4 Å². The minimum absolute atomic E-state index is 0.00787. The van der Waals surface area contributed by atoms with Gasteiger partial charge in [-0.25, -0.2) is 4.79 Å². The molecule has 1 N–H and O–H groups in total. The van der Waals surface area contributed by atoms with E-state index in [9.17, 15) is 9.59 Å². The van der Waals surface area contributed by atoms with Crippen molar-refractivity contribution in [2.75, 3.05) is 13.2 Å². The van der Waals surface area contributed by atoms with Gasteiger partial charge >= 0.3 is 6.03 Å². The van der Waals surface area contributed by atoms with Gasteiger partial charge in [0.25, 0.3) is 5.91 Å². The minimum Gasteiger partial charge on any atom is -0.376 e. The lowest BCUT2D eigenvalue weighted by atomic mass is 9.92. The number of carbonyl (C=O) groups is 2. The molecule has 2 saturated heterocycles. The maximum absolute atomic E-state index is 12.9. The number of benzene rings is 1. The van der Waals surface area contributed by atoms with Crippen LogP contribution in [0.25, 0.3) is 0 Å². The Hall–Kier alpha value is -1.88. The predicted octanol–water partition coefficient (Wildman–Crippen LogP) is 1.56. The number of hydrogen-bond donors (Lipinski definition) is 1. The molecule has 0 aromatic heterocycles. The first-order valence-electron chi connectivity index (χ1n) is 7.55. The Kier molecular flexibility index (Phi) is 2.79. The fraction of sp³-hybridized carbons (Fsp3) is 0.500. The molecule has 0 radical (unpaired) electrons. The number of rotatable bonds is 2. The van der Waals surface area contributed by atoms with Crippen LogP contribution in [0.2, 0.25) is 0 Å². The molecule has 1 aromatic rings. The maximum Gasteiger partial charge on any atom is 0.325 e. The van der Waals surface area contributed by atoms with Crippen molar-refractivity contribution in [2.45, 2.75) is 37.3 Å². The number of nitrogens with zero attached hydrogens (tertiary/aromatic N) is 1. The molecule has 5 nitrogen and oxygen atoms in total. The van der Waals surface area contributed by atoms with E-state index in [4.69, 9.17) is 4.74 Å². The normalized spacial score (nSPS) is 31.0. The molecule has 4 rings (SSSR count). The molecule has 2 heterocycles. The van der Waals surface area contributed by atoms with Gasteiger partial charge in [0, 0.05) is 6.61 Å². The number of urea groups is 1. The SMILES string of the molecule is O=C1N[C@]2(CCc3ccccc32)C(=O)N1C[C@@H]1CCCO1. The van der Waals surface area contributed by atoms with Crippen molar-refractivity contribution < 1.29 is 14.3 Å². The highest BCUT2D eigenvalue weighted by Gasteiger charge is 2.55. The zero-order valence-electron chi connectivity index (χ0n) is 11.8. The first-order chi connectivity index (χ1) is 10.2. The second-order valence-electron chi connectivity index (χ2n) is 6.04. The molecule has 1 spiro atoms. The topological polar surface area (TPSA) is 58.6 Å². The smallest absolute Gasteiger partial charge is 0.325 e. The summed E-state index contributed by atoms with van der Waals surface area (Å²) in [5, 5.41) is 2.94. The monoisotopic (exact) mass is 286 g/mol. The van der Waals surface area contributed by atoms with Crippen molar-refractivity contribution in [2.24, 2.45) is 0 Å². The van der Waals surface area contributed by atoms with Crippen LogP contribution in [0.15, 0.2) is 24.3 Å². The Morgan fingerprint density at radius 2 is 2.19 bits per heavy atom. The summed E-state index contributed by atoms with van der Waals surface area (Å²) in [7, 11) is 0. The van der Waals surface area contributed by atoms with Crippen LogP contribution in [0.3, 0.4) is 0 Å². The number of fused-ring (bicyclic) bond motifs is 2. The van der Waals surface area contributed by atoms with Crippen molar-refractivity contribution in [1.82, 2.24) is 10.2 Å². The number of aryl methyl sites for hydroxylation is 1. The summed E-state index contributed by atoms with van der Waals surface area (Å²) in [6.07, 6.45) is 3.39. The van der Waals surface area contributed by atoms with Gasteiger partial charge in [0.2, 0.25) is 0 Å². The second kappa shape index (κ2) is 4.56. The number of hydrogen-bond acceptors (Lipinski definition) is 3. The van der Waals surface area contributed by atoms with Crippen molar-refractivity contribution in [1.29, 1.82) is 0 Å². The fourth-order valence-electron chi connectivity index (χ4n) is 3.75. The average Bonchev–Trinajstić information content (AvgIpc) is 3.17. The van der Waals surface area contributed by atoms with Gasteiger partial charge in [0.15, 0.2) is 0 Å². The van der Waals surface area contributed by atoms with E-state index in [2.05, 4.69) is 5.32 Å². The minimum atomic E-state index is -0.841. The highest BCUT2D eigenvalue weighted by atomic mass is 16.5. The summed E-state index contributed by atoms with van der Waals surface area (Å²) in [5.74, 6) is -0.118. The lowest BCUT2D eigenvalue weighted by Gasteiger charge is -2.23. The van der Waals surface area contributed by atoms with Crippen LogP contribution in [-0.4, -0.2) is 36.1 Å². The van der Waals surface area contributed by atoms with E-state index in [0.717, 1.165) is 37.0 Å². The molecule has 2 aliphatic heterocycles. The summed E-state index contributed by atoms with van der Waals surface area (Å²) in [5.41, 5.74) is 1.27. The van der Waals surface area contributed by atoms with Crippen LogP contribution < -0.4 is 5.32 Å².